The Bertz CT molecular complexity index is 707. The van der Waals surface area contributed by atoms with Gasteiger partial charge < -0.3 is 5.32 Å². The van der Waals surface area contributed by atoms with Crippen LogP contribution in [-0.2, 0) is 13.1 Å². The minimum absolute atomic E-state index is 0.761. The average molecular weight is 342 g/mol. The Morgan fingerprint density at radius 2 is 1.71 bits per heavy atom. The molecule has 0 radical (unpaired) electrons. The predicted molar refractivity (Wildman–Crippen MR) is 89.2 cm³/mol. The zero-order chi connectivity index (χ0) is 14.5. The third-order valence-corrected chi connectivity index (χ3v) is 3.92. The number of nitrogens with zero attached hydrogens (tertiary/aromatic N) is 2. The molecule has 2 aromatic carbocycles. The van der Waals surface area contributed by atoms with Crippen molar-refractivity contribution in [2.45, 2.75) is 13.1 Å². The van der Waals surface area contributed by atoms with Gasteiger partial charge in [-0.05, 0) is 33.6 Å². The first kappa shape index (κ1) is 13.9. The number of anilines is 1. The van der Waals surface area contributed by atoms with Gasteiger partial charge in [0, 0.05) is 28.5 Å². The lowest BCUT2D eigenvalue weighted by molar-refractivity contribution is 0.686. The third-order valence-electron chi connectivity index (χ3n) is 3.23. The van der Waals surface area contributed by atoms with Gasteiger partial charge in [-0.2, -0.15) is 5.10 Å². The summed E-state index contributed by atoms with van der Waals surface area (Å²) < 4.78 is 3.04. The molecule has 3 rings (SSSR count). The average Bonchev–Trinajstić information content (AvgIpc) is 2.95. The van der Waals surface area contributed by atoms with Gasteiger partial charge in [0.15, 0.2) is 0 Å². The van der Waals surface area contributed by atoms with Crippen LogP contribution in [0, 0.1) is 0 Å². The molecule has 0 saturated carbocycles. The summed E-state index contributed by atoms with van der Waals surface area (Å²) in [5.41, 5.74) is 3.51. The normalized spacial score (nSPS) is 10.5. The highest BCUT2D eigenvalue weighted by Gasteiger charge is 2.01. The van der Waals surface area contributed by atoms with Crippen molar-refractivity contribution in [1.82, 2.24) is 9.78 Å². The van der Waals surface area contributed by atoms with E-state index in [0.717, 1.165) is 23.2 Å². The Balaban J connectivity index is 1.62. The number of hydrogen-bond donors (Lipinski definition) is 1. The Morgan fingerprint density at radius 1 is 0.952 bits per heavy atom. The van der Waals surface area contributed by atoms with E-state index in [0.29, 0.717) is 0 Å². The zero-order valence-corrected chi connectivity index (χ0v) is 13.1. The number of rotatable bonds is 5. The van der Waals surface area contributed by atoms with Gasteiger partial charge in [-0.15, -0.1) is 0 Å². The van der Waals surface area contributed by atoms with Crippen LogP contribution >= 0.6 is 15.9 Å². The van der Waals surface area contributed by atoms with E-state index in [1.165, 1.54) is 11.1 Å². The lowest BCUT2D eigenvalue weighted by atomic mass is 10.2. The van der Waals surface area contributed by atoms with E-state index in [1.54, 1.807) is 0 Å². The quantitative estimate of drug-likeness (QED) is 0.749. The molecular weight excluding hydrogens is 326 g/mol. The van der Waals surface area contributed by atoms with Gasteiger partial charge in [0.2, 0.25) is 0 Å². The summed E-state index contributed by atoms with van der Waals surface area (Å²) in [6.45, 7) is 1.56. The molecule has 0 aliphatic heterocycles. The highest BCUT2D eigenvalue weighted by Crippen LogP contribution is 2.21. The molecule has 1 aromatic heterocycles. The van der Waals surface area contributed by atoms with Crippen LogP contribution in [0.2, 0.25) is 0 Å². The Hall–Kier alpha value is -2.07. The van der Waals surface area contributed by atoms with Crippen molar-refractivity contribution in [3.05, 3.63) is 82.6 Å². The summed E-state index contributed by atoms with van der Waals surface area (Å²) in [5, 5.41) is 7.82. The smallest absolute Gasteiger partial charge is 0.0659 e. The summed E-state index contributed by atoms with van der Waals surface area (Å²) in [6, 6.07) is 18.5. The Kier molecular flexibility index (Phi) is 4.36. The van der Waals surface area contributed by atoms with Gasteiger partial charge in [-0.1, -0.05) is 42.5 Å². The molecule has 0 aliphatic carbocycles. The van der Waals surface area contributed by atoms with Gasteiger partial charge in [0.25, 0.3) is 0 Å². The van der Waals surface area contributed by atoms with Crippen molar-refractivity contribution in [1.29, 1.82) is 0 Å². The first-order chi connectivity index (χ1) is 10.3. The third kappa shape index (κ3) is 3.73. The van der Waals surface area contributed by atoms with Crippen molar-refractivity contribution < 1.29 is 0 Å². The van der Waals surface area contributed by atoms with Crippen molar-refractivity contribution >= 4 is 21.6 Å². The van der Waals surface area contributed by atoms with Gasteiger partial charge in [-0.25, -0.2) is 0 Å². The van der Waals surface area contributed by atoms with Gasteiger partial charge in [0.05, 0.1) is 12.7 Å². The second kappa shape index (κ2) is 6.59. The summed E-state index contributed by atoms with van der Waals surface area (Å²) in [7, 11) is 0. The molecule has 0 atom stereocenters. The van der Waals surface area contributed by atoms with Crippen molar-refractivity contribution in [2.75, 3.05) is 5.32 Å². The van der Waals surface area contributed by atoms with Crippen molar-refractivity contribution in [2.24, 2.45) is 0 Å². The predicted octanol–water partition coefficient (Wildman–Crippen LogP) is 4.31. The van der Waals surface area contributed by atoms with E-state index in [4.69, 9.17) is 0 Å². The highest BCUT2D eigenvalue weighted by molar-refractivity contribution is 9.10. The fourth-order valence-corrected chi connectivity index (χ4v) is 2.58. The number of aromatic nitrogens is 2. The molecule has 106 valence electrons. The molecule has 0 unspecified atom stereocenters. The minimum atomic E-state index is 0.761. The molecule has 0 fully saturated rings. The van der Waals surface area contributed by atoms with Crippen LogP contribution in [0.3, 0.4) is 0 Å². The number of halogens is 1. The van der Waals surface area contributed by atoms with E-state index in [-0.39, 0.29) is 0 Å². The van der Waals surface area contributed by atoms with Crippen LogP contribution < -0.4 is 5.32 Å². The molecule has 1 N–H and O–H groups in total. The second-order valence-corrected chi connectivity index (χ2v) is 5.72. The topological polar surface area (TPSA) is 29.9 Å². The number of nitrogens with one attached hydrogen (secondary N) is 1. The molecule has 0 aliphatic rings. The molecule has 0 bridgehead atoms. The number of benzene rings is 2. The zero-order valence-electron chi connectivity index (χ0n) is 11.5. The molecule has 0 amide bonds. The molecule has 21 heavy (non-hydrogen) atoms. The first-order valence-electron chi connectivity index (χ1n) is 6.85. The fourth-order valence-electron chi connectivity index (χ4n) is 2.16. The van der Waals surface area contributed by atoms with Crippen molar-refractivity contribution in [3.63, 3.8) is 0 Å². The molecule has 0 spiro atoms. The monoisotopic (exact) mass is 341 g/mol. The standard InChI is InChI=1S/C17H16BrN3/c18-16-8-4-5-9-17(16)19-10-15-11-20-21(13-15)12-14-6-2-1-3-7-14/h1-9,11,13,19H,10,12H2. The van der Waals surface area contributed by atoms with Gasteiger partial charge in [0.1, 0.15) is 0 Å². The van der Waals surface area contributed by atoms with Crippen molar-refractivity contribution in [3.8, 4) is 0 Å². The summed E-state index contributed by atoms with van der Waals surface area (Å²) in [6.07, 6.45) is 3.99. The number of para-hydroxylation sites is 1. The van der Waals surface area contributed by atoms with Crippen LogP contribution in [0.1, 0.15) is 11.1 Å². The lowest BCUT2D eigenvalue weighted by Gasteiger charge is -2.06. The molecule has 3 aromatic rings. The molecule has 4 heteroatoms. The van der Waals surface area contributed by atoms with E-state index in [1.807, 2.05) is 47.3 Å². The van der Waals surface area contributed by atoms with Crippen LogP contribution in [0.25, 0.3) is 0 Å². The molecule has 3 nitrogen and oxygen atoms in total. The summed E-state index contributed by atoms with van der Waals surface area (Å²) in [5.74, 6) is 0. The first-order valence-corrected chi connectivity index (χ1v) is 7.64. The Labute approximate surface area is 132 Å². The lowest BCUT2D eigenvalue weighted by Crippen LogP contribution is -2.01. The van der Waals surface area contributed by atoms with Crippen LogP contribution in [0.4, 0.5) is 5.69 Å². The molecule has 0 saturated heterocycles. The van der Waals surface area contributed by atoms with Crippen LogP contribution in [0.5, 0.6) is 0 Å². The van der Waals surface area contributed by atoms with E-state index in [9.17, 15) is 0 Å². The second-order valence-electron chi connectivity index (χ2n) is 4.87. The highest BCUT2D eigenvalue weighted by atomic mass is 79.9. The van der Waals surface area contributed by atoms with E-state index < -0.39 is 0 Å². The minimum Gasteiger partial charge on any atom is -0.380 e. The van der Waals surface area contributed by atoms with Crippen LogP contribution in [-0.4, -0.2) is 9.78 Å². The maximum absolute atomic E-state index is 4.41. The molecule has 1 heterocycles. The maximum atomic E-state index is 4.41. The van der Waals surface area contributed by atoms with E-state index in [2.05, 4.69) is 50.7 Å². The maximum Gasteiger partial charge on any atom is 0.0659 e. The largest absolute Gasteiger partial charge is 0.380 e. The van der Waals surface area contributed by atoms with E-state index >= 15 is 0 Å². The summed E-state index contributed by atoms with van der Waals surface area (Å²) >= 11 is 3.54. The SMILES string of the molecule is Brc1ccccc1NCc1cnn(Cc2ccccc2)c1. The van der Waals surface area contributed by atoms with Crippen LogP contribution in [0.15, 0.2) is 71.5 Å². The van der Waals surface area contributed by atoms with Gasteiger partial charge in [-0.3, -0.25) is 4.68 Å². The fraction of sp³-hybridized carbons (Fsp3) is 0.118. The molecular formula is C17H16BrN3. The summed E-state index contributed by atoms with van der Waals surface area (Å²) in [4.78, 5) is 0. The number of hydrogen-bond acceptors (Lipinski definition) is 2. The Morgan fingerprint density at radius 3 is 2.52 bits per heavy atom. The van der Waals surface area contributed by atoms with Gasteiger partial charge >= 0.3 is 0 Å².